The summed E-state index contributed by atoms with van der Waals surface area (Å²) in [5.41, 5.74) is 2.27. The molecule has 0 saturated carbocycles. The summed E-state index contributed by atoms with van der Waals surface area (Å²) in [6, 6.07) is 6.08. The van der Waals surface area contributed by atoms with Crippen molar-refractivity contribution in [2.24, 2.45) is 0 Å². The van der Waals surface area contributed by atoms with E-state index in [2.05, 4.69) is 46.3 Å². The Bertz CT molecular complexity index is 466. The van der Waals surface area contributed by atoms with Crippen LogP contribution in [0.3, 0.4) is 0 Å². The average molecular weight is 253 g/mol. The monoisotopic (exact) mass is 252 g/mol. The minimum atomic E-state index is 0.0681. The molecule has 0 aliphatic heterocycles. The first-order valence-corrected chi connectivity index (χ1v) is 5.41. The molecule has 0 fully saturated rings. The predicted molar refractivity (Wildman–Crippen MR) is 62.4 cm³/mol. The summed E-state index contributed by atoms with van der Waals surface area (Å²) >= 11 is 3.56. The molecular formula is C11H13BrN2. The van der Waals surface area contributed by atoms with Crippen LogP contribution in [0, 0.1) is 0 Å². The van der Waals surface area contributed by atoms with Crippen LogP contribution >= 0.6 is 15.9 Å². The van der Waals surface area contributed by atoms with E-state index in [-0.39, 0.29) is 5.54 Å². The fourth-order valence-corrected chi connectivity index (χ4v) is 2.08. The number of hydrogen-bond donors (Lipinski definition) is 0. The van der Waals surface area contributed by atoms with Gasteiger partial charge >= 0.3 is 0 Å². The van der Waals surface area contributed by atoms with Crippen molar-refractivity contribution < 1.29 is 0 Å². The van der Waals surface area contributed by atoms with Crippen molar-refractivity contribution in [3.63, 3.8) is 0 Å². The lowest BCUT2D eigenvalue weighted by atomic mass is 10.1. The largest absolute Gasteiger partial charge is 0.324 e. The highest BCUT2D eigenvalue weighted by molar-refractivity contribution is 9.10. The van der Waals surface area contributed by atoms with Crippen molar-refractivity contribution in [3.05, 3.63) is 29.0 Å². The van der Waals surface area contributed by atoms with E-state index in [1.165, 1.54) is 5.52 Å². The molecule has 74 valence electrons. The fourth-order valence-electron chi connectivity index (χ4n) is 1.53. The molecule has 0 atom stereocenters. The van der Waals surface area contributed by atoms with Crippen molar-refractivity contribution >= 4 is 27.0 Å². The molecule has 0 amide bonds. The number of nitrogens with zero attached hydrogens (tertiary/aromatic N) is 2. The highest BCUT2D eigenvalue weighted by Gasteiger charge is 2.17. The maximum Gasteiger partial charge on any atom is 0.0963 e. The molecule has 3 heteroatoms. The maximum atomic E-state index is 4.38. The molecule has 14 heavy (non-hydrogen) atoms. The minimum Gasteiger partial charge on any atom is -0.324 e. The Hall–Kier alpha value is -0.830. The van der Waals surface area contributed by atoms with Crippen LogP contribution in [-0.2, 0) is 5.54 Å². The standard InChI is InChI=1S/C11H13BrN2/c1-11(2,3)14-7-13-9-6-4-5-8(12)10(9)14/h4-7H,1-3H3. The third kappa shape index (κ3) is 1.46. The van der Waals surface area contributed by atoms with E-state index < -0.39 is 0 Å². The second-order valence-corrected chi connectivity index (χ2v) is 5.25. The maximum absolute atomic E-state index is 4.38. The zero-order valence-corrected chi connectivity index (χ0v) is 10.2. The molecule has 2 nitrogen and oxygen atoms in total. The van der Waals surface area contributed by atoms with Gasteiger partial charge in [0.15, 0.2) is 0 Å². The number of halogens is 1. The molecule has 0 bridgehead atoms. The first-order chi connectivity index (χ1) is 6.50. The van der Waals surface area contributed by atoms with Crippen molar-refractivity contribution in [2.75, 3.05) is 0 Å². The van der Waals surface area contributed by atoms with Crippen LogP contribution in [-0.4, -0.2) is 9.55 Å². The Balaban J connectivity index is 2.80. The summed E-state index contributed by atoms with van der Waals surface area (Å²) in [7, 11) is 0. The predicted octanol–water partition coefficient (Wildman–Crippen LogP) is 3.55. The van der Waals surface area contributed by atoms with Gasteiger partial charge in [-0.15, -0.1) is 0 Å². The van der Waals surface area contributed by atoms with Crippen LogP contribution in [0.2, 0.25) is 0 Å². The molecule has 2 rings (SSSR count). The van der Waals surface area contributed by atoms with Crippen molar-refractivity contribution in [3.8, 4) is 0 Å². The topological polar surface area (TPSA) is 17.8 Å². The van der Waals surface area contributed by atoms with E-state index in [1.54, 1.807) is 0 Å². The summed E-state index contributed by atoms with van der Waals surface area (Å²) < 4.78 is 3.29. The number of aromatic nitrogens is 2. The molecule has 0 aliphatic carbocycles. The van der Waals surface area contributed by atoms with Crippen LogP contribution in [0.4, 0.5) is 0 Å². The van der Waals surface area contributed by atoms with Gasteiger partial charge in [0.1, 0.15) is 0 Å². The molecule has 0 N–H and O–H groups in total. The molecule has 1 aromatic carbocycles. The van der Waals surface area contributed by atoms with E-state index >= 15 is 0 Å². The molecule has 2 aromatic rings. The van der Waals surface area contributed by atoms with Gasteiger partial charge < -0.3 is 4.57 Å². The van der Waals surface area contributed by atoms with Crippen LogP contribution in [0.5, 0.6) is 0 Å². The zero-order chi connectivity index (χ0) is 10.3. The van der Waals surface area contributed by atoms with Gasteiger partial charge in [0.2, 0.25) is 0 Å². The lowest BCUT2D eigenvalue weighted by Gasteiger charge is -2.22. The van der Waals surface area contributed by atoms with Crippen LogP contribution in [0.15, 0.2) is 29.0 Å². The Morgan fingerprint density at radius 3 is 2.64 bits per heavy atom. The SMILES string of the molecule is CC(C)(C)n1cnc2cccc(Br)c21. The summed E-state index contributed by atoms with van der Waals surface area (Å²) in [6.45, 7) is 6.52. The molecule has 0 unspecified atom stereocenters. The molecule has 0 spiro atoms. The summed E-state index contributed by atoms with van der Waals surface area (Å²) in [5.74, 6) is 0. The first-order valence-electron chi connectivity index (χ1n) is 4.62. The van der Waals surface area contributed by atoms with Crippen LogP contribution < -0.4 is 0 Å². The van der Waals surface area contributed by atoms with E-state index in [1.807, 2.05) is 24.5 Å². The summed E-state index contributed by atoms with van der Waals surface area (Å²) in [5, 5.41) is 0. The number of hydrogen-bond acceptors (Lipinski definition) is 1. The molecular weight excluding hydrogens is 240 g/mol. The number of benzene rings is 1. The third-order valence-corrected chi connectivity index (χ3v) is 2.88. The molecule has 1 aromatic heterocycles. The van der Waals surface area contributed by atoms with Crippen molar-refractivity contribution in [2.45, 2.75) is 26.3 Å². The molecule has 0 radical (unpaired) electrons. The number of rotatable bonds is 0. The minimum absolute atomic E-state index is 0.0681. The van der Waals surface area contributed by atoms with Gasteiger partial charge in [-0.05, 0) is 48.8 Å². The number of imidazole rings is 1. The van der Waals surface area contributed by atoms with Gasteiger partial charge in [0.05, 0.1) is 17.4 Å². The van der Waals surface area contributed by atoms with Gasteiger partial charge in [-0.3, -0.25) is 0 Å². The summed E-state index contributed by atoms with van der Waals surface area (Å²) in [4.78, 5) is 4.38. The fraction of sp³-hybridized carbons (Fsp3) is 0.364. The lowest BCUT2D eigenvalue weighted by molar-refractivity contribution is 0.408. The van der Waals surface area contributed by atoms with E-state index in [9.17, 15) is 0 Å². The lowest BCUT2D eigenvalue weighted by Crippen LogP contribution is -2.20. The van der Waals surface area contributed by atoms with Gasteiger partial charge in [0, 0.05) is 10.0 Å². The van der Waals surface area contributed by atoms with Crippen molar-refractivity contribution in [1.29, 1.82) is 0 Å². The molecule has 1 heterocycles. The first kappa shape index (κ1) is 9.71. The van der Waals surface area contributed by atoms with Crippen LogP contribution in [0.25, 0.3) is 11.0 Å². The molecule has 0 aliphatic rings. The second kappa shape index (κ2) is 3.09. The highest BCUT2D eigenvalue weighted by atomic mass is 79.9. The van der Waals surface area contributed by atoms with Gasteiger partial charge in [-0.2, -0.15) is 0 Å². The van der Waals surface area contributed by atoms with E-state index in [0.717, 1.165) is 9.99 Å². The summed E-state index contributed by atoms with van der Waals surface area (Å²) in [6.07, 6.45) is 1.90. The normalized spacial score (nSPS) is 12.3. The zero-order valence-electron chi connectivity index (χ0n) is 8.58. The van der Waals surface area contributed by atoms with Gasteiger partial charge in [0.25, 0.3) is 0 Å². The Kier molecular flexibility index (Phi) is 2.14. The van der Waals surface area contributed by atoms with Gasteiger partial charge in [-0.1, -0.05) is 6.07 Å². The smallest absolute Gasteiger partial charge is 0.0963 e. The van der Waals surface area contributed by atoms with E-state index in [4.69, 9.17) is 0 Å². The number of para-hydroxylation sites is 1. The van der Waals surface area contributed by atoms with Crippen LogP contribution in [0.1, 0.15) is 20.8 Å². The Morgan fingerprint density at radius 1 is 1.29 bits per heavy atom. The average Bonchev–Trinajstić information content (AvgIpc) is 2.47. The molecule has 0 saturated heterocycles. The quantitative estimate of drug-likeness (QED) is 0.702. The van der Waals surface area contributed by atoms with Gasteiger partial charge in [-0.25, -0.2) is 4.98 Å². The second-order valence-electron chi connectivity index (χ2n) is 4.39. The van der Waals surface area contributed by atoms with E-state index in [0.29, 0.717) is 0 Å². The Labute approximate surface area is 92.1 Å². The number of fused-ring (bicyclic) bond motifs is 1. The highest BCUT2D eigenvalue weighted by Crippen LogP contribution is 2.27. The Morgan fingerprint density at radius 2 is 2.00 bits per heavy atom. The third-order valence-electron chi connectivity index (χ3n) is 2.24. The van der Waals surface area contributed by atoms with Crippen molar-refractivity contribution in [1.82, 2.24) is 9.55 Å².